The van der Waals surface area contributed by atoms with Gasteiger partial charge in [0.2, 0.25) is 0 Å². The van der Waals surface area contributed by atoms with E-state index in [0.29, 0.717) is 0 Å². The van der Waals surface area contributed by atoms with Crippen LogP contribution in [0, 0.1) is 39.0 Å². The van der Waals surface area contributed by atoms with Crippen molar-refractivity contribution in [2.75, 3.05) is 0 Å². The standard InChI is InChI=1S/C64H50N3.Ir/c1-44-13-34-62(65-41-44)54-24-20-47(21-25-54)16-18-49-37-50(19-17-48-22-26-55(27-23-48)63-35-14-45(2)42-66-63)39-57(38-49)58-11-7-8-12-59(58)60-33-32-56(64-36-15-46(3)43-67-64)40-61(60)53-30-28-52(29-31-53)51-9-5-4-6-10-51;/h4-15,20-24,26,28-31,33-43H,16-19H2,1-3H3;/q-3;+3. The Balaban J connectivity index is 0.00000578. The van der Waals surface area contributed by atoms with E-state index in [4.69, 9.17) is 4.98 Å². The smallest absolute Gasteiger partial charge is 0.304 e. The molecule has 0 aliphatic rings. The second-order valence-corrected chi connectivity index (χ2v) is 17.6. The third-order valence-electron chi connectivity index (χ3n) is 12.6. The second-order valence-electron chi connectivity index (χ2n) is 17.6. The number of hydrogen-bond donors (Lipinski definition) is 0. The Morgan fingerprint density at radius 2 is 0.779 bits per heavy atom. The molecule has 3 nitrogen and oxygen atoms in total. The molecule has 3 heterocycles. The summed E-state index contributed by atoms with van der Waals surface area (Å²) >= 11 is 0. The SMILES string of the molecule is Cc1ccc(-c2[c-]cc(CCc3cc(CCc4c[c-]c(-c5ccc(C)cn5)cc4)cc(-c4ccccc4-c4c[c-]c(-c5ccc(C)cn5)cc4-c4ccc(-c5ccccc5)cc4)c3)cc2)nc1.[Ir+3]. The molecule has 0 saturated carbocycles. The van der Waals surface area contributed by atoms with Gasteiger partial charge >= 0.3 is 20.1 Å². The van der Waals surface area contributed by atoms with Crippen LogP contribution in [0.25, 0.3) is 78.3 Å². The summed E-state index contributed by atoms with van der Waals surface area (Å²) in [5, 5.41) is 0. The molecule has 0 fully saturated rings. The van der Waals surface area contributed by atoms with E-state index in [1.807, 2.05) is 18.6 Å². The summed E-state index contributed by atoms with van der Waals surface area (Å²) in [6.45, 7) is 6.20. The zero-order valence-corrected chi connectivity index (χ0v) is 41.0. The van der Waals surface area contributed by atoms with Crippen molar-refractivity contribution in [3.05, 3.63) is 258 Å². The molecule has 330 valence electrons. The Bertz CT molecular complexity index is 3140. The molecule has 0 aliphatic heterocycles. The minimum Gasteiger partial charge on any atom is -0.304 e. The molecule has 0 atom stereocenters. The molecule has 0 spiro atoms. The molecule has 0 saturated heterocycles. The summed E-state index contributed by atoms with van der Waals surface area (Å²) < 4.78 is 0. The molecule has 3 aromatic heterocycles. The maximum absolute atomic E-state index is 4.80. The molecule has 4 heteroatoms. The summed E-state index contributed by atoms with van der Waals surface area (Å²) in [5.41, 5.74) is 23.7. The Labute approximate surface area is 415 Å². The molecule has 68 heavy (non-hydrogen) atoms. The van der Waals surface area contributed by atoms with Crippen LogP contribution in [-0.4, -0.2) is 15.0 Å². The number of pyridine rings is 3. The van der Waals surface area contributed by atoms with Crippen molar-refractivity contribution in [1.82, 2.24) is 15.0 Å². The Kier molecular flexibility index (Phi) is 14.2. The van der Waals surface area contributed by atoms with Gasteiger partial charge in [0.15, 0.2) is 0 Å². The zero-order valence-electron chi connectivity index (χ0n) is 38.6. The fourth-order valence-corrected chi connectivity index (χ4v) is 8.75. The number of benzene rings is 7. The van der Waals surface area contributed by atoms with E-state index in [1.54, 1.807) is 0 Å². The maximum atomic E-state index is 4.80. The first kappa shape index (κ1) is 45.8. The van der Waals surface area contributed by atoms with Gasteiger partial charge in [-0.3, -0.25) is 0 Å². The molecule has 0 radical (unpaired) electrons. The van der Waals surface area contributed by atoms with Crippen LogP contribution in [0.1, 0.15) is 38.9 Å². The van der Waals surface area contributed by atoms with Crippen LogP contribution in [0.4, 0.5) is 0 Å². The van der Waals surface area contributed by atoms with Crippen molar-refractivity contribution >= 4 is 0 Å². The topological polar surface area (TPSA) is 38.7 Å². The third-order valence-corrected chi connectivity index (χ3v) is 12.6. The minimum absolute atomic E-state index is 0. The van der Waals surface area contributed by atoms with Crippen molar-refractivity contribution in [1.29, 1.82) is 0 Å². The fourth-order valence-electron chi connectivity index (χ4n) is 8.75. The van der Waals surface area contributed by atoms with Crippen molar-refractivity contribution in [3.63, 3.8) is 0 Å². The number of aromatic nitrogens is 3. The van der Waals surface area contributed by atoms with Gasteiger partial charge in [0.25, 0.3) is 0 Å². The maximum Gasteiger partial charge on any atom is 3.00 e. The normalized spacial score (nSPS) is 11.0. The summed E-state index contributed by atoms with van der Waals surface area (Å²) in [4.78, 5) is 14.1. The Hall–Kier alpha value is -7.36. The summed E-state index contributed by atoms with van der Waals surface area (Å²) in [6, 6.07) is 76.2. The number of hydrogen-bond acceptors (Lipinski definition) is 3. The summed E-state index contributed by atoms with van der Waals surface area (Å²) in [7, 11) is 0. The van der Waals surface area contributed by atoms with Crippen LogP contribution in [0.3, 0.4) is 0 Å². The first-order valence-electron chi connectivity index (χ1n) is 23.1. The van der Waals surface area contributed by atoms with E-state index in [-0.39, 0.29) is 20.1 Å². The molecule has 10 aromatic rings. The predicted octanol–water partition coefficient (Wildman–Crippen LogP) is 15.4. The van der Waals surface area contributed by atoms with Gasteiger partial charge in [0, 0.05) is 18.6 Å². The van der Waals surface area contributed by atoms with Crippen LogP contribution < -0.4 is 0 Å². The first-order chi connectivity index (χ1) is 32.9. The average molecular weight is 1050 g/mol. The van der Waals surface area contributed by atoms with Crippen LogP contribution in [0.5, 0.6) is 0 Å². The van der Waals surface area contributed by atoms with Gasteiger partial charge in [-0.05, 0) is 106 Å². The van der Waals surface area contributed by atoms with E-state index in [1.165, 1.54) is 44.5 Å². The Morgan fingerprint density at radius 3 is 1.28 bits per heavy atom. The van der Waals surface area contributed by atoms with E-state index in [0.717, 1.165) is 98.4 Å². The molecule has 0 amide bonds. The quantitative estimate of drug-likeness (QED) is 0.108. The average Bonchev–Trinajstić information content (AvgIpc) is 3.38. The van der Waals surface area contributed by atoms with Crippen molar-refractivity contribution in [2.24, 2.45) is 0 Å². The molecule has 0 aliphatic carbocycles. The first-order valence-corrected chi connectivity index (χ1v) is 23.1. The molecule has 0 bridgehead atoms. The van der Waals surface area contributed by atoms with E-state index >= 15 is 0 Å². The van der Waals surface area contributed by atoms with Crippen LogP contribution >= 0.6 is 0 Å². The number of nitrogens with zero attached hydrogens (tertiary/aromatic N) is 3. The molecule has 0 unspecified atom stereocenters. The largest absolute Gasteiger partial charge is 3.00 e. The zero-order chi connectivity index (χ0) is 45.5. The van der Waals surface area contributed by atoms with Gasteiger partial charge in [-0.1, -0.05) is 163 Å². The van der Waals surface area contributed by atoms with Crippen LogP contribution in [0.15, 0.2) is 201 Å². The van der Waals surface area contributed by atoms with Gasteiger partial charge in [-0.25, -0.2) is 0 Å². The fraction of sp³-hybridized carbons (Fsp3) is 0.109. The van der Waals surface area contributed by atoms with Crippen molar-refractivity contribution < 1.29 is 20.1 Å². The van der Waals surface area contributed by atoms with Crippen LogP contribution in [0.2, 0.25) is 0 Å². The van der Waals surface area contributed by atoms with Gasteiger partial charge in [0.05, 0.1) is 0 Å². The van der Waals surface area contributed by atoms with Gasteiger partial charge < -0.3 is 15.0 Å². The predicted molar refractivity (Wildman–Crippen MR) is 276 cm³/mol. The molecular formula is C64H50IrN3. The summed E-state index contributed by atoms with van der Waals surface area (Å²) in [6.07, 6.45) is 9.35. The number of rotatable bonds is 13. The van der Waals surface area contributed by atoms with Gasteiger partial charge in [-0.2, -0.15) is 0 Å². The third kappa shape index (κ3) is 10.7. The summed E-state index contributed by atoms with van der Waals surface area (Å²) in [5.74, 6) is 0. The van der Waals surface area contributed by atoms with E-state index < -0.39 is 0 Å². The Morgan fingerprint density at radius 1 is 0.324 bits per heavy atom. The molecule has 7 aromatic carbocycles. The molecule has 0 N–H and O–H groups in total. The monoisotopic (exact) mass is 1050 g/mol. The van der Waals surface area contributed by atoms with Crippen molar-refractivity contribution in [3.8, 4) is 78.3 Å². The minimum atomic E-state index is 0. The van der Waals surface area contributed by atoms with E-state index in [2.05, 4.69) is 231 Å². The van der Waals surface area contributed by atoms with Gasteiger partial charge in [0.1, 0.15) is 0 Å². The van der Waals surface area contributed by atoms with Crippen LogP contribution in [-0.2, 0) is 45.8 Å². The molecule has 10 rings (SSSR count). The second kappa shape index (κ2) is 21.1. The molecular weight excluding hydrogens is 1000 g/mol. The van der Waals surface area contributed by atoms with E-state index in [9.17, 15) is 0 Å². The number of aryl methyl sites for hydroxylation is 7. The van der Waals surface area contributed by atoms with Gasteiger partial charge in [-0.15, -0.1) is 94.5 Å². The van der Waals surface area contributed by atoms with Crippen molar-refractivity contribution in [2.45, 2.75) is 46.5 Å².